The molecule has 26 heavy (non-hydrogen) atoms. The number of H-pyrrole nitrogens is 1. The van der Waals surface area contributed by atoms with Gasteiger partial charge in [0, 0.05) is 24.4 Å². The summed E-state index contributed by atoms with van der Waals surface area (Å²) in [4.78, 5) is 33.2. The first-order chi connectivity index (χ1) is 12.6. The highest BCUT2D eigenvalue weighted by atomic mass is 16.4. The zero-order valence-corrected chi connectivity index (χ0v) is 13.9. The van der Waals surface area contributed by atoms with Crippen molar-refractivity contribution in [3.8, 4) is 0 Å². The molecule has 0 saturated carbocycles. The molecule has 1 aliphatic rings. The fourth-order valence-corrected chi connectivity index (χ4v) is 3.22. The quantitative estimate of drug-likeness (QED) is 0.737. The Balaban J connectivity index is 1.61. The predicted octanol–water partition coefficient (Wildman–Crippen LogP) is 1.31. The minimum atomic E-state index is -1.03. The largest absolute Gasteiger partial charge is 0.480 e. The molecule has 2 aromatic heterocycles. The highest BCUT2D eigenvalue weighted by Crippen LogP contribution is 2.23. The van der Waals surface area contributed by atoms with E-state index in [9.17, 15) is 14.7 Å². The first kappa shape index (κ1) is 16.1. The Hall–Kier alpha value is -3.42. The number of rotatable bonds is 4. The number of carboxylic acids is 1. The van der Waals surface area contributed by atoms with Crippen molar-refractivity contribution in [2.75, 3.05) is 0 Å². The van der Waals surface area contributed by atoms with Crippen LogP contribution in [0.4, 0.5) is 0 Å². The van der Waals surface area contributed by atoms with Gasteiger partial charge in [-0.05, 0) is 23.8 Å². The van der Waals surface area contributed by atoms with Gasteiger partial charge in [-0.25, -0.2) is 9.78 Å². The van der Waals surface area contributed by atoms with Crippen molar-refractivity contribution in [2.24, 2.45) is 0 Å². The van der Waals surface area contributed by atoms with Crippen LogP contribution in [0.5, 0.6) is 0 Å². The summed E-state index contributed by atoms with van der Waals surface area (Å²) in [6.45, 7) is 0.746. The van der Waals surface area contributed by atoms with Crippen molar-refractivity contribution < 1.29 is 14.7 Å². The molecule has 8 nitrogen and oxygen atoms in total. The number of imidazole rings is 1. The number of benzene rings is 1. The van der Waals surface area contributed by atoms with Gasteiger partial charge in [-0.2, -0.15) is 5.10 Å². The van der Waals surface area contributed by atoms with Gasteiger partial charge in [-0.3, -0.25) is 9.48 Å². The van der Waals surface area contributed by atoms with Crippen molar-refractivity contribution in [3.63, 3.8) is 0 Å². The summed E-state index contributed by atoms with van der Waals surface area (Å²) in [5, 5.41) is 13.7. The zero-order chi connectivity index (χ0) is 18.1. The standard InChI is InChI=1S/C18H17N5O3/c24-17(13-4-1-3-12(7-13)9-22-6-2-5-21-22)23-10-15-14(19-11-20-15)8-16(23)18(25)26/h1-7,11,16H,8-10H2,(H,19,20)(H,25,26)/t16-/m1/s1. The Morgan fingerprint density at radius 2 is 2.19 bits per heavy atom. The predicted molar refractivity (Wildman–Crippen MR) is 91.4 cm³/mol. The van der Waals surface area contributed by atoms with Gasteiger partial charge in [0.1, 0.15) is 6.04 Å². The van der Waals surface area contributed by atoms with Crippen LogP contribution in [0.25, 0.3) is 0 Å². The van der Waals surface area contributed by atoms with Crippen molar-refractivity contribution in [1.29, 1.82) is 0 Å². The molecule has 0 saturated heterocycles. The third-order valence-electron chi connectivity index (χ3n) is 4.52. The van der Waals surface area contributed by atoms with E-state index in [1.807, 2.05) is 18.3 Å². The Kier molecular flexibility index (Phi) is 4.00. The Labute approximate surface area is 149 Å². The van der Waals surface area contributed by atoms with Gasteiger partial charge in [0.25, 0.3) is 5.91 Å². The molecule has 0 spiro atoms. The molecule has 3 heterocycles. The number of aromatic nitrogens is 4. The molecule has 132 valence electrons. The van der Waals surface area contributed by atoms with E-state index in [4.69, 9.17) is 0 Å². The number of nitrogens with zero attached hydrogens (tertiary/aromatic N) is 4. The molecule has 0 unspecified atom stereocenters. The first-order valence-corrected chi connectivity index (χ1v) is 8.23. The van der Waals surface area contributed by atoms with Crippen LogP contribution in [0.1, 0.15) is 27.3 Å². The second-order valence-electron chi connectivity index (χ2n) is 6.22. The molecule has 0 bridgehead atoms. The maximum Gasteiger partial charge on any atom is 0.326 e. The second kappa shape index (κ2) is 6.47. The van der Waals surface area contributed by atoms with Crippen molar-refractivity contribution in [2.45, 2.75) is 25.6 Å². The van der Waals surface area contributed by atoms with E-state index in [2.05, 4.69) is 15.1 Å². The number of carboxylic acid groups (broad SMARTS) is 1. The lowest BCUT2D eigenvalue weighted by atomic mass is 10.0. The summed E-state index contributed by atoms with van der Waals surface area (Å²) in [6, 6.07) is 8.11. The molecular weight excluding hydrogens is 334 g/mol. The van der Waals surface area contributed by atoms with Gasteiger partial charge in [0.05, 0.1) is 30.8 Å². The molecule has 1 amide bonds. The molecule has 8 heteroatoms. The van der Waals surface area contributed by atoms with Crippen LogP contribution in [-0.2, 0) is 24.3 Å². The zero-order valence-electron chi connectivity index (χ0n) is 13.9. The van der Waals surface area contributed by atoms with Gasteiger partial charge in [0.2, 0.25) is 0 Å². The van der Waals surface area contributed by atoms with Crippen molar-refractivity contribution in [1.82, 2.24) is 24.6 Å². The number of hydrogen-bond donors (Lipinski definition) is 2. The van der Waals surface area contributed by atoms with E-state index in [-0.39, 0.29) is 18.9 Å². The van der Waals surface area contributed by atoms with E-state index in [1.165, 1.54) is 11.2 Å². The summed E-state index contributed by atoms with van der Waals surface area (Å²) >= 11 is 0. The fraction of sp³-hybridized carbons (Fsp3) is 0.222. The molecule has 1 aliphatic heterocycles. The molecule has 4 rings (SSSR count). The van der Waals surface area contributed by atoms with E-state index in [1.54, 1.807) is 29.1 Å². The summed E-state index contributed by atoms with van der Waals surface area (Å²) < 4.78 is 1.77. The highest BCUT2D eigenvalue weighted by molar-refractivity contribution is 5.97. The topological polar surface area (TPSA) is 104 Å². The van der Waals surface area contributed by atoms with E-state index < -0.39 is 12.0 Å². The number of carbonyl (C=O) groups is 2. The molecular formula is C18H17N5O3. The second-order valence-corrected chi connectivity index (χ2v) is 6.22. The minimum Gasteiger partial charge on any atom is -0.480 e. The maximum absolute atomic E-state index is 13.0. The summed E-state index contributed by atoms with van der Waals surface area (Å²) in [5.74, 6) is -1.33. The lowest BCUT2D eigenvalue weighted by molar-refractivity contribution is -0.142. The average Bonchev–Trinajstić information content (AvgIpc) is 3.31. The van der Waals surface area contributed by atoms with Gasteiger partial charge < -0.3 is 15.0 Å². The normalized spacial score (nSPS) is 16.3. The number of amides is 1. The van der Waals surface area contributed by atoms with Crippen LogP contribution in [0.3, 0.4) is 0 Å². The lowest BCUT2D eigenvalue weighted by Gasteiger charge is -2.32. The van der Waals surface area contributed by atoms with E-state index in [0.717, 1.165) is 11.3 Å². The third-order valence-corrected chi connectivity index (χ3v) is 4.52. The van der Waals surface area contributed by atoms with Gasteiger partial charge in [-0.1, -0.05) is 12.1 Å². The molecule has 3 aromatic rings. The van der Waals surface area contributed by atoms with Gasteiger partial charge in [-0.15, -0.1) is 0 Å². The smallest absolute Gasteiger partial charge is 0.326 e. The van der Waals surface area contributed by atoms with E-state index >= 15 is 0 Å². The molecule has 2 N–H and O–H groups in total. The summed E-state index contributed by atoms with van der Waals surface area (Å²) in [6.07, 6.45) is 5.27. The van der Waals surface area contributed by atoms with Crippen LogP contribution in [0.2, 0.25) is 0 Å². The van der Waals surface area contributed by atoms with Crippen LogP contribution in [0.15, 0.2) is 49.1 Å². The Morgan fingerprint density at radius 3 is 2.96 bits per heavy atom. The van der Waals surface area contributed by atoms with Crippen LogP contribution >= 0.6 is 0 Å². The maximum atomic E-state index is 13.0. The highest BCUT2D eigenvalue weighted by Gasteiger charge is 2.36. The number of fused-ring (bicyclic) bond motifs is 1. The molecule has 1 aromatic carbocycles. The van der Waals surface area contributed by atoms with Gasteiger partial charge >= 0.3 is 5.97 Å². The SMILES string of the molecule is O=C(O)[C@H]1Cc2nc[nH]c2CN1C(=O)c1cccc(Cn2cccn2)c1. The number of hydrogen-bond acceptors (Lipinski definition) is 4. The monoisotopic (exact) mass is 351 g/mol. The number of aromatic amines is 1. The average molecular weight is 351 g/mol. The lowest BCUT2D eigenvalue weighted by Crippen LogP contribution is -2.48. The Morgan fingerprint density at radius 1 is 1.31 bits per heavy atom. The first-order valence-electron chi connectivity index (χ1n) is 8.23. The fourth-order valence-electron chi connectivity index (χ4n) is 3.22. The summed E-state index contributed by atoms with van der Waals surface area (Å²) in [7, 11) is 0. The summed E-state index contributed by atoms with van der Waals surface area (Å²) in [5.41, 5.74) is 2.87. The minimum absolute atomic E-state index is 0.201. The van der Waals surface area contributed by atoms with Crippen molar-refractivity contribution in [3.05, 3.63) is 71.6 Å². The van der Waals surface area contributed by atoms with Crippen LogP contribution in [-0.4, -0.2) is 47.7 Å². The van der Waals surface area contributed by atoms with Crippen molar-refractivity contribution >= 4 is 11.9 Å². The number of carbonyl (C=O) groups excluding carboxylic acids is 1. The molecule has 1 atom stereocenters. The van der Waals surface area contributed by atoms with Crippen LogP contribution in [0, 0.1) is 0 Å². The third kappa shape index (κ3) is 2.97. The number of aliphatic carboxylic acids is 1. The van der Waals surface area contributed by atoms with Gasteiger partial charge in [0.15, 0.2) is 0 Å². The molecule has 0 radical (unpaired) electrons. The van der Waals surface area contributed by atoms with E-state index in [0.29, 0.717) is 17.8 Å². The van der Waals surface area contributed by atoms with Crippen LogP contribution < -0.4 is 0 Å². The number of nitrogens with one attached hydrogen (secondary N) is 1. The molecule has 0 fully saturated rings. The Bertz CT molecular complexity index is 947. The molecule has 0 aliphatic carbocycles.